The summed E-state index contributed by atoms with van der Waals surface area (Å²) in [6.07, 6.45) is 9.38. The number of fused-ring (bicyclic) bond motifs is 3. The Kier molecular flexibility index (Phi) is 9.19. The molecule has 0 aliphatic heterocycles. The van der Waals surface area contributed by atoms with Crippen molar-refractivity contribution in [2.75, 3.05) is 0 Å². The minimum atomic E-state index is -0.679. The van der Waals surface area contributed by atoms with Gasteiger partial charge in [0.05, 0.1) is 6.10 Å². The number of esters is 1. The van der Waals surface area contributed by atoms with Crippen molar-refractivity contribution in [3.8, 4) is 0 Å². The van der Waals surface area contributed by atoms with Crippen LogP contribution in [-0.2, 0) is 19.1 Å². The Bertz CT molecular complexity index is 1170. The fourth-order valence-corrected chi connectivity index (χ4v) is 12.3. The first-order chi connectivity index (χ1) is 20.4. The number of hydrogen-bond acceptors (Lipinski definition) is 5. The van der Waals surface area contributed by atoms with Crippen molar-refractivity contribution >= 4 is 17.5 Å². The maximum Gasteiger partial charge on any atom is 0.306 e. The largest absolute Gasteiger partial charge is 0.462 e. The summed E-state index contributed by atoms with van der Waals surface area (Å²) in [6, 6.07) is 0. The lowest BCUT2D eigenvalue weighted by Crippen LogP contribution is -2.69. The highest BCUT2D eigenvalue weighted by molar-refractivity contribution is 5.92. The fourth-order valence-electron chi connectivity index (χ4n) is 12.3. The molecular formula is C39H62O5. The van der Waals surface area contributed by atoms with Crippen LogP contribution in [0.15, 0.2) is 11.6 Å². The summed E-state index contributed by atoms with van der Waals surface area (Å²) in [7, 11) is 0. The molecule has 0 aromatic rings. The van der Waals surface area contributed by atoms with Gasteiger partial charge in [0.1, 0.15) is 17.7 Å². The number of rotatable bonds is 6. The van der Waals surface area contributed by atoms with Crippen LogP contribution in [-0.4, -0.2) is 34.9 Å². The van der Waals surface area contributed by atoms with Crippen molar-refractivity contribution in [2.24, 2.45) is 75.4 Å². The highest BCUT2D eigenvalue weighted by Crippen LogP contribution is 2.71. The maximum absolute atomic E-state index is 15.0. The van der Waals surface area contributed by atoms with Gasteiger partial charge >= 0.3 is 5.97 Å². The Labute approximate surface area is 267 Å². The predicted octanol–water partition coefficient (Wildman–Crippen LogP) is 8.22. The number of carbonyl (C=O) groups is 3. The Morgan fingerprint density at radius 1 is 1.09 bits per heavy atom. The molecule has 5 nitrogen and oxygen atoms in total. The average molecular weight is 611 g/mol. The van der Waals surface area contributed by atoms with Gasteiger partial charge in [-0.15, -0.1) is 0 Å². The van der Waals surface area contributed by atoms with Crippen LogP contribution in [0.2, 0.25) is 0 Å². The Morgan fingerprint density at radius 3 is 2.36 bits per heavy atom. The third kappa shape index (κ3) is 5.37. The lowest BCUT2D eigenvalue weighted by Gasteiger charge is -2.68. The zero-order chi connectivity index (χ0) is 32.5. The summed E-state index contributed by atoms with van der Waals surface area (Å²) in [5.41, 5.74) is 0.404. The van der Waals surface area contributed by atoms with Gasteiger partial charge in [0, 0.05) is 36.0 Å². The molecule has 44 heavy (non-hydrogen) atoms. The van der Waals surface area contributed by atoms with Crippen LogP contribution in [0.4, 0.5) is 0 Å². The van der Waals surface area contributed by atoms with Crippen LogP contribution in [0.3, 0.4) is 0 Å². The quantitative estimate of drug-likeness (QED) is 0.242. The zero-order valence-electron chi connectivity index (χ0n) is 29.4. The molecule has 5 aliphatic rings. The molecule has 4 saturated carbocycles. The van der Waals surface area contributed by atoms with Gasteiger partial charge in [-0.05, 0) is 111 Å². The van der Waals surface area contributed by atoms with E-state index in [4.69, 9.17) is 4.74 Å². The van der Waals surface area contributed by atoms with Gasteiger partial charge in [0.15, 0.2) is 0 Å². The lowest BCUT2D eigenvalue weighted by atomic mass is 9.34. The van der Waals surface area contributed by atoms with Gasteiger partial charge < -0.3 is 9.84 Å². The van der Waals surface area contributed by atoms with Crippen LogP contribution in [0, 0.1) is 75.4 Å². The Hall–Kier alpha value is -1.49. The van der Waals surface area contributed by atoms with Crippen molar-refractivity contribution < 1.29 is 24.2 Å². The third-order valence-electron chi connectivity index (χ3n) is 14.6. The number of Topliss-reactive ketones (excluding diaryl/α,β-unsaturated/α-hetero) is 2. The number of carbonyl (C=O) groups excluding carboxylic acids is 3. The zero-order valence-corrected chi connectivity index (χ0v) is 29.4. The van der Waals surface area contributed by atoms with E-state index in [1.807, 2.05) is 0 Å². The molecule has 0 saturated heterocycles. The van der Waals surface area contributed by atoms with E-state index in [1.165, 1.54) is 5.57 Å². The fraction of sp³-hybridized carbons (Fsp3) is 0.872. The molecule has 1 N–H and O–H groups in total. The van der Waals surface area contributed by atoms with Crippen molar-refractivity contribution in [3.63, 3.8) is 0 Å². The second-order valence-corrected chi connectivity index (χ2v) is 17.7. The number of allylic oxidation sites excluding steroid dienone is 1. The van der Waals surface area contributed by atoms with E-state index >= 15 is 4.79 Å². The molecule has 5 heteroatoms. The van der Waals surface area contributed by atoms with Crippen LogP contribution >= 0.6 is 0 Å². The minimum Gasteiger partial charge on any atom is -0.462 e. The molecule has 4 fully saturated rings. The van der Waals surface area contributed by atoms with E-state index < -0.39 is 11.5 Å². The summed E-state index contributed by atoms with van der Waals surface area (Å²) in [5.74, 6) is 1.76. The van der Waals surface area contributed by atoms with E-state index in [-0.39, 0.29) is 64.2 Å². The van der Waals surface area contributed by atoms with Crippen molar-refractivity contribution in [1.29, 1.82) is 0 Å². The second kappa shape index (κ2) is 11.9. The summed E-state index contributed by atoms with van der Waals surface area (Å²) in [5, 5.41) is 10.7. The normalized spacial score (nSPS) is 48.1. The molecule has 0 aromatic heterocycles. The lowest BCUT2D eigenvalue weighted by molar-refractivity contribution is -0.208. The second-order valence-electron chi connectivity index (χ2n) is 17.7. The van der Waals surface area contributed by atoms with Gasteiger partial charge in [-0.1, -0.05) is 67.0 Å². The minimum absolute atomic E-state index is 0.000820. The standard InChI is InChI=1S/C39H62O5/c1-21(2)29-17-27(13-16-31(41)44-28-14-11-22(3)12-15-28)24(5)33-30(29)19-37(8)20-38(9)18-23(4)32(26(7)40)36(43)39(38,10)25(6)34(37)35(33)42/h11,21,23-30,32-34,40H,12-20H2,1-10H3. The Balaban J connectivity index is 1.40. The molecule has 14 unspecified atom stereocenters. The SMILES string of the molecule is CC1=CCC(OC(=O)CCC2CC(C(C)C)C3CC4(C)CC5(C)CC(C)C(C(C)O)C(=O)C5(C)C(C)C4C(=O)C3C2C)CC1. The first-order valence-electron chi connectivity index (χ1n) is 18.1. The number of aliphatic hydroxyl groups is 1. The van der Waals surface area contributed by atoms with Gasteiger partial charge in [0.2, 0.25) is 0 Å². The van der Waals surface area contributed by atoms with Gasteiger partial charge in [-0.3, -0.25) is 14.4 Å². The summed E-state index contributed by atoms with van der Waals surface area (Å²) < 4.78 is 5.88. The summed E-state index contributed by atoms with van der Waals surface area (Å²) >= 11 is 0. The van der Waals surface area contributed by atoms with E-state index in [0.717, 1.165) is 51.4 Å². The molecule has 0 bridgehead atoms. The number of aliphatic hydroxyl groups excluding tert-OH is 1. The predicted molar refractivity (Wildman–Crippen MR) is 174 cm³/mol. The van der Waals surface area contributed by atoms with E-state index in [9.17, 15) is 14.7 Å². The number of hydrogen-bond donors (Lipinski definition) is 1. The molecule has 0 radical (unpaired) electrons. The summed E-state index contributed by atoms with van der Waals surface area (Å²) in [4.78, 5) is 42.3. The molecule has 0 heterocycles. The number of ether oxygens (including phenoxy) is 1. The molecule has 248 valence electrons. The van der Waals surface area contributed by atoms with Crippen molar-refractivity contribution in [2.45, 2.75) is 139 Å². The van der Waals surface area contributed by atoms with Crippen molar-refractivity contribution in [3.05, 3.63) is 11.6 Å². The smallest absolute Gasteiger partial charge is 0.306 e. The topological polar surface area (TPSA) is 80.7 Å². The molecular weight excluding hydrogens is 548 g/mol. The molecule has 0 amide bonds. The average Bonchev–Trinajstić information content (AvgIpc) is 2.91. The monoisotopic (exact) mass is 610 g/mol. The van der Waals surface area contributed by atoms with Gasteiger partial charge in [0.25, 0.3) is 0 Å². The van der Waals surface area contributed by atoms with E-state index in [1.54, 1.807) is 6.92 Å². The molecule has 14 atom stereocenters. The van der Waals surface area contributed by atoms with Crippen LogP contribution in [0.5, 0.6) is 0 Å². The van der Waals surface area contributed by atoms with Crippen LogP contribution < -0.4 is 0 Å². The van der Waals surface area contributed by atoms with Gasteiger partial charge in [-0.2, -0.15) is 0 Å². The first-order valence-corrected chi connectivity index (χ1v) is 18.1. The highest BCUT2D eigenvalue weighted by atomic mass is 16.5. The molecule has 5 aliphatic carbocycles. The van der Waals surface area contributed by atoms with Gasteiger partial charge in [-0.25, -0.2) is 0 Å². The summed E-state index contributed by atoms with van der Waals surface area (Å²) in [6.45, 7) is 22.0. The maximum atomic E-state index is 15.0. The first kappa shape index (κ1) is 33.9. The van der Waals surface area contributed by atoms with E-state index in [2.05, 4.69) is 68.4 Å². The van der Waals surface area contributed by atoms with Crippen LogP contribution in [0.25, 0.3) is 0 Å². The Morgan fingerprint density at radius 2 is 1.77 bits per heavy atom. The van der Waals surface area contributed by atoms with Crippen LogP contribution in [0.1, 0.15) is 127 Å². The molecule has 5 rings (SSSR count). The van der Waals surface area contributed by atoms with E-state index in [0.29, 0.717) is 35.9 Å². The number of ketones is 2. The molecule has 0 spiro atoms. The highest BCUT2D eigenvalue weighted by Gasteiger charge is 2.71. The molecule has 0 aromatic carbocycles. The van der Waals surface area contributed by atoms with Crippen molar-refractivity contribution in [1.82, 2.24) is 0 Å². The third-order valence-corrected chi connectivity index (χ3v) is 14.6.